The SMILES string of the molecule is CC(C)(CN1CCCC1=N)S(C)(=O)=O. The molecule has 0 unspecified atom stereocenters. The zero-order valence-electron chi connectivity index (χ0n) is 9.00. The Bertz CT molecular complexity index is 333. The van der Waals surface area contributed by atoms with Crippen molar-refractivity contribution in [2.45, 2.75) is 31.4 Å². The second-order valence-electron chi connectivity index (χ2n) is 4.50. The summed E-state index contributed by atoms with van der Waals surface area (Å²) in [6.45, 7) is 4.68. The minimum atomic E-state index is -3.05. The maximum absolute atomic E-state index is 11.5. The molecule has 0 aliphatic carbocycles. The van der Waals surface area contributed by atoms with Crippen LogP contribution in [0.15, 0.2) is 0 Å². The quantitative estimate of drug-likeness (QED) is 0.765. The molecule has 0 saturated carbocycles. The lowest BCUT2D eigenvalue weighted by molar-refractivity contribution is 0.396. The molecule has 1 rings (SSSR count). The molecule has 0 amide bonds. The van der Waals surface area contributed by atoms with Crippen LogP contribution in [0.25, 0.3) is 0 Å². The molecule has 0 aromatic rings. The van der Waals surface area contributed by atoms with E-state index in [0.29, 0.717) is 12.4 Å². The predicted octanol–water partition coefficient (Wildman–Crippen LogP) is 0.883. The van der Waals surface area contributed by atoms with Gasteiger partial charge in [-0.2, -0.15) is 0 Å². The Morgan fingerprint density at radius 1 is 1.50 bits per heavy atom. The molecule has 4 nitrogen and oxygen atoms in total. The smallest absolute Gasteiger partial charge is 0.154 e. The van der Waals surface area contributed by atoms with Gasteiger partial charge in [0.2, 0.25) is 0 Å². The molecule has 0 aromatic carbocycles. The highest BCUT2D eigenvalue weighted by Gasteiger charge is 2.34. The molecule has 1 aliphatic heterocycles. The zero-order valence-corrected chi connectivity index (χ0v) is 9.82. The molecule has 0 spiro atoms. The maximum Gasteiger partial charge on any atom is 0.154 e. The summed E-state index contributed by atoms with van der Waals surface area (Å²) in [4.78, 5) is 1.86. The minimum Gasteiger partial charge on any atom is -0.359 e. The van der Waals surface area contributed by atoms with Crippen LogP contribution in [0.3, 0.4) is 0 Å². The Kier molecular flexibility index (Phi) is 2.90. The summed E-state index contributed by atoms with van der Waals surface area (Å²) in [6.07, 6.45) is 3.01. The van der Waals surface area contributed by atoms with Gasteiger partial charge in [-0.05, 0) is 20.3 Å². The summed E-state index contributed by atoms with van der Waals surface area (Å²) in [7, 11) is -3.05. The van der Waals surface area contributed by atoms with Gasteiger partial charge >= 0.3 is 0 Å². The third-order valence-corrected chi connectivity index (χ3v) is 4.94. The zero-order chi connectivity index (χ0) is 11.0. The summed E-state index contributed by atoms with van der Waals surface area (Å²) >= 11 is 0. The van der Waals surface area contributed by atoms with E-state index in [4.69, 9.17) is 5.41 Å². The number of hydrogen-bond acceptors (Lipinski definition) is 3. The Labute approximate surface area is 85.7 Å². The lowest BCUT2D eigenvalue weighted by atomic mass is 10.2. The van der Waals surface area contributed by atoms with Crippen LogP contribution in [0, 0.1) is 5.41 Å². The van der Waals surface area contributed by atoms with Crippen molar-refractivity contribution in [1.82, 2.24) is 4.90 Å². The van der Waals surface area contributed by atoms with Gasteiger partial charge in [0.05, 0.1) is 10.6 Å². The molecular formula is C9H18N2O2S. The van der Waals surface area contributed by atoms with E-state index < -0.39 is 14.6 Å². The van der Waals surface area contributed by atoms with Crippen molar-refractivity contribution in [3.63, 3.8) is 0 Å². The van der Waals surface area contributed by atoms with E-state index in [1.54, 1.807) is 13.8 Å². The number of nitrogens with zero attached hydrogens (tertiary/aromatic N) is 1. The fraction of sp³-hybridized carbons (Fsp3) is 0.889. The van der Waals surface area contributed by atoms with E-state index in [9.17, 15) is 8.42 Å². The van der Waals surface area contributed by atoms with Gasteiger partial charge in [-0.25, -0.2) is 8.42 Å². The molecule has 0 bridgehead atoms. The van der Waals surface area contributed by atoms with Crippen molar-refractivity contribution >= 4 is 15.7 Å². The first-order valence-corrected chi connectivity index (χ1v) is 6.65. The van der Waals surface area contributed by atoms with Crippen LogP contribution in [0.5, 0.6) is 0 Å². The molecule has 1 saturated heterocycles. The average Bonchev–Trinajstić information content (AvgIpc) is 2.33. The van der Waals surface area contributed by atoms with E-state index >= 15 is 0 Å². The first-order chi connectivity index (χ1) is 6.24. The van der Waals surface area contributed by atoms with E-state index in [1.165, 1.54) is 6.26 Å². The summed E-state index contributed by atoms with van der Waals surface area (Å²) in [5.74, 6) is 0.571. The van der Waals surface area contributed by atoms with E-state index in [-0.39, 0.29) is 0 Å². The van der Waals surface area contributed by atoms with Gasteiger partial charge in [-0.15, -0.1) is 0 Å². The summed E-state index contributed by atoms with van der Waals surface area (Å²) < 4.78 is 22.1. The predicted molar refractivity (Wildman–Crippen MR) is 57.5 cm³/mol. The molecule has 5 heteroatoms. The van der Waals surface area contributed by atoms with Crippen molar-refractivity contribution in [2.75, 3.05) is 19.3 Å². The molecule has 14 heavy (non-hydrogen) atoms. The van der Waals surface area contributed by atoms with Crippen molar-refractivity contribution < 1.29 is 8.42 Å². The fourth-order valence-electron chi connectivity index (χ4n) is 1.48. The molecule has 82 valence electrons. The summed E-state index contributed by atoms with van der Waals surface area (Å²) in [5, 5.41) is 7.62. The third kappa shape index (κ3) is 2.26. The van der Waals surface area contributed by atoms with Gasteiger partial charge in [0.1, 0.15) is 0 Å². The highest BCUT2D eigenvalue weighted by molar-refractivity contribution is 7.92. The normalized spacial score (nSPS) is 19.1. The van der Waals surface area contributed by atoms with Crippen molar-refractivity contribution in [3.05, 3.63) is 0 Å². The van der Waals surface area contributed by atoms with Crippen molar-refractivity contribution in [3.8, 4) is 0 Å². The lowest BCUT2D eigenvalue weighted by Crippen LogP contribution is -2.44. The monoisotopic (exact) mass is 218 g/mol. The van der Waals surface area contributed by atoms with Crippen LogP contribution in [-0.2, 0) is 9.84 Å². The molecule has 0 aromatic heterocycles. The number of rotatable bonds is 3. The van der Waals surface area contributed by atoms with Crippen molar-refractivity contribution in [1.29, 1.82) is 5.41 Å². The van der Waals surface area contributed by atoms with Gasteiger partial charge in [-0.3, -0.25) is 5.41 Å². The Hall–Kier alpha value is -0.580. The largest absolute Gasteiger partial charge is 0.359 e. The Morgan fingerprint density at radius 3 is 2.43 bits per heavy atom. The standard InChI is InChI=1S/C9H18N2O2S/c1-9(2,14(3,12)13)7-11-6-4-5-8(11)10/h10H,4-7H2,1-3H3. The number of likely N-dealkylation sites (tertiary alicyclic amines) is 1. The van der Waals surface area contributed by atoms with Crippen LogP contribution >= 0.6 is 0 Å². The molecule has 1 heterocycles. The van der Waals surface area contributed by atoms with Gasteiger partial charge in [0, 0.05) is 25.8 Å². The van der Waals surface area contributed by atoms with Crippen LogP contribution in [0.4, 0.5) is 0 Å². The maximum atomic E-state index is 11.5. The number of sulfone groups is 1. The van der Waals surface area contributed by atoms with Gasteiger partial charge in [0.25, 0.3) is 0 Å². The van der Waals surface area contributed by atoms with Crippen LogP contribution in [0.2, 0.25) is 0 Å². The van der Waals surface area contributed by atoms with Crippen molar-refractivity contribution in [2.24, 2.45) is 0 Å². The van der Waals surface area contributed by atoms with E-state index in [2.05, 4.69) is 0 Å². The fourth-order valence-corrected chi connectivity index (χ4v) is 1.87. The second kappa shape index (κ2) is 3.53. The van der Waals surface area contributed by atoms with Gasteiger partial charge < -0.3 is 4.90 Å². The lowest BCUT2D eigenvalue weighted by Gasteiger charge is -2.29. The first kappa shape index (κ1) is 11.5. The molecule has 1 N–H and O–H groups in total. The number of hydrogen-bond donors (Lipinski definition) is 1. The topological polar surface area (TPSA) is 61.2 Å². The van der Waals surface area contributed by atoms with Crippen LogP contribution < -0.4 is 0 Å². The highest BCUT2D eigenvalue weighted by atomic mass is 32.2. The first-order valence-electron chi connectivity index (χ1n) is 4.76. The average molecular weight is 218 g/mol. The molecule has 1 fully saturated rings. The molecule has 1 aliphatic rings. The molecular weight excluding hydrogens is 200 g/mol. The summed E-state index contributed by atoms with van der Waals surface area (Å²) in [6, 6.07) is 0. The number of nitrogens with one attached hydrogen (secondary N) is 1. The van der Waals surface area contributed by atoms with E-state index in [1.807, 2.05) is 4.90 Å². The minimum absolute atomic E-state index is 0.435. The van der Waals surface area contributed by atoms with Gasteiger partial charge in [-0.1, -0.05) is 0 Å². The van der Waals surface area contributed by atoms with Gasteiger partial charge in [0.15, 0.2) is 9.84 Å². The van der Waals surface area contributed by atoms with Crippen LogP contribution in [-0.4, -0.2) is 43.2 Å². The Morgan fingerprint density at radius 2 is 2.07 bits per heavy atom. The highest BCUT2D eigenvalue weighted by Crippen LogP contribution is 2.20. The molecule has 0 radical (unpaired) electrons. The second-order valence-corrected chi connectivity index (χ2v) is 7.15. The van der Waals surface area contributed by atoms with E-state index in [0.717, 1.165) is 19.4 Å². The third-order valence-electron chi connectivity index (χ3n) is 2.80. The number of amidine groups is 1. The molecule has 0 atom stereocenters. The Balaban J connectivity index is 2.73. The van der Waals surface area contributed by atoms with Crippen LogP contribution in [0.1, 0.15) is 26.7 Å². The summed E-state index contributed by atoms with van der Waals surface area (Å²) in [5.41, 5.74) is 0.